The predicted octanol–water partition coefficient (Wildman–Crippen LogP) is 9.31. The Kier molecular flexibility index (Phi) is 10.2. The quantitative estimate of drug-likeness (QED) is 0.189. The van der Waals surface area contributed by atoms with E-state index in [1.54, 1.807) is 24.1 Å². The summed E-state index contributed by atoms with van der Waals surface area (Å²) >= 11 is 8.28. The van der Waals surface area contributed by atoms with Crippen molar-refractivity contribution in [3.63, 3.8) is 0 Å². The van der Waals surface area contributed by atoms with Gasteiger partial charge in [-0.2, -0.15) is 5.26 Å². The van der Waals surface area contributed by atoms with Crippen molar-refractivity contribution in [1.29, 1.82) is 5.26 Å². The lowest BCUT2D eigenvalue weighted by Crippen LogP contribution is -2.47. The van der Waals surface area contributed by atoms with Gasteiger partial charge in [0.15, 0.2) is 0 Å². The first kappa shape index (κ1) is 33.3. The zero-order chi connectivity index (χ0) is 33.0. The van der Waals surface area contributed by atoms with Crippen LogP contribution < -0.4 is 4.74 Å². The first-order chi connectivity index (χ1) is 22.0. The number of rotatable bonds is 8. The van der Waals surface area contributed by atoms with E-state index in [9.17, 15) is 14.9 Å². The number of halogens is 1. The van der Waals surface area contributed by atoms with Crippen LogP contribution in [0.5, 0.6) is 5.75 Å². The van der Waals surface area contributed by atoms with Crippen LogP contribution >= 0.6 is 22.9 Å². The summed E-state index contributed by atoms with van der Waals surface area (Å²) in [7, 11) is 1.79. The van der Waals surface area contributed by atoms with Gasteiger partial charge >= 0.3 is 6.09 Å². The molecule has 4 aromatic rings. The topological polar surface area (TPSA) is 82.9 Å². The lowest BCUT2D eigenvalue weighted by Gasteiger charge is -2.40. The number of benzene rings is 3. The van der Waals surface area contributed by atoms with E-state index < -0.39 is 5.60 Å². The van der Waals surface area contributed by atoms with Crippen molar-refractivity contribution in [2.45, 2.75) is 77.6 Å². The van der Waals surface area contributed by atoms with Gasteiger partial charge in [-0.05, 0) is 94.8 Å². The number of amides is 2. The minimum absolute atomic E-state index is 0.0228. The molecular formula is C37H40ClN3O4S. The maximum Gasteiger partial charge on any atom is 0.410 e. The number of nitrogens with zero attached hydrogens (tertiary/aromatic N) is 3. The molecule has 2 amide bonds. The van der Waals surface area contributed by atoms with Gasteiger partial charge < -0.3 is 19.3 Å². The molecule has 0 saturated heterocycles. The Balaban J connectivity index is 1.47. The molecule has 9 heteroatoms. The monoisotopic (exact) mass is 657 g/mol. The Morgan fingerprint density at radius 3 is 2.26 bits per heavy atom. The summed E-state index contributed by atoms with van der Waals surface area (Å²) in [5, 5.41) is 10.6. The van der Waals surface area contributed by atoms with Crippen molar-refractivity contribution in [2.24, 2.45) is 0 Å². The van der Waals surface area contributed by atoms with Gasteiger partial charge in [-0.25, -0.2) is 4.79 Å². The Hall–Kier alpha value is -4.06. The molecule has 3 aromatic carbocycles. The average molecular weight is 658 g/mol. The number of ether oxygens (including phenoxy) is 2. The van der Waals surface area contributed by atoms with Crippen molar-refractivity contribution in [2.75, 3.05) is 13.7 Å². The average Bonchev–Trinajstić information content (AvgIpc) is 3.39. The van der Waals surface area contributed by atoms with E-state index in [2.05, 4.69) is 12.1 Å². The summed E-state index contributed by atoms with van der Waals surface area (Å²) in [4.78, 5) is 31.5. The number of thiophene rings is 1. The lowest BCUT2D eigenvalue weighted by atomic mass is 9.89. The standard InChI is InChI=1S/C37H40ClN3O4S/c1-6-44-31-20-15-26(25-13-11-24(22-39)12-14-25)21-27(31)23-41(35(42)34-33(38)30-9-7-8-10-32(30)46-34)29-18-16-28(17-19-29)40(5)36(43)45-37(2,3)4/h7-15,20-21,28-29H,6,16-19,23H2,1-5H3. The van der Waals surface area contributed by atoms with Crippen molar-refractivity contribution < 1.29 is 19.1 Å². The molecule has 0 atom stereocenters. The van der Waals surface area contributed by atoms with Crippen LogP contribution in [0.1, 0.15) is 74.2 Å². The fraction of sp³-hybridized carbons (Fsp3) is 0.378. The Morgan fingerprint density at radius 1 is 0.978 bits per heavy atom. The predicted molar refractivity (Wildman–Crippen MR) is 185 cm³/mol. The molecule has 240 valence electrons. The molecule has 1 fully saturated rings. The summed E-state index contributed by atoms with van der Waals surface area (Å²) in [6, 6.07) is 23.4. The number of nitriles is 1. The number of hydrogen-bond acceptors (Lipinski definition) is 6. The van der Waals surface area contributed by atoms with Crippen LogP contribution in [0.4, 0.5) is 4.79 Å². The van der Waals surface area contributed by atoms with E-state index in [0.29, 0.717) is 28.6 Å². The zero-order valence-corrected chi connectivity index (χ0v) is 28.6. The number of fused-ring (bicyclic) bond motifs is 1. The molecule has 1 aliphatic carbocycles. The van der Waals surface area contributed by atoms with Crippen molar-refractivity contribution >= 4 is 45.0 Å². The maximum absolute atomic E-state index is 14.5. The smallest absolute Gasteiger partial charge is 0.410 e. The highest BCUT2D eigenvalue weighted by Crippen LogP contribution is 2.39. The van der Waals surface area contributed by atoms with Gasteiger partial charge in [-0.3, -0.25) is 4.79 Å². The molecule has 1 aromatic heterocycles. The van der Waals surface area contributed by atoms with E-state index in [1.165, 1.54) is 11.3 Å². The molecule has 46 heavy (non-hydrogen) atoms. The van der Waals surface area contributed by atoms with Gasteiger partial charge in [0, 0.05) is 41.3 Å². The summed E-state index contributed by atoms with van der Waals surface area (Å²) in [5.41, 5.74) is 2.86. The second kappa shape index (κ2) is 14.1. The summed E-state index contributed by atoms with van der Waals surface area (Å²) in [6.07, 6.45) is 2.61. The van der Waals surface area contributed by atoms with Crippen LogP contribution in [0.2, 0.25) is 5.02 Å². The molecule has 1 aliphatic rings. The van der Waals surface area contributed by atoms with Crippen LogP contribution in [0.3, 0.4) is 0 Å². The molecule has 0 unspecified atom stereocenters. The van der Waals surface area contributed by atoms with Gasteiger partial charge in [0.05, 0.1) is 23.3 Å². The molecule has 0 radical (unpaired) electrons. The SMILES string of the molecule is CCOc1ccc(-c2ccc(C#N)cc2)cc1CN(C(=O)c1sc2ccccc2c1Cl)C1CCC(N(C)C(=O)OC(C)(C)C)CC1. The molecule has 0 bridgehead atoms. The van der Waals surface area contributed by atoms with Gasteiger partial charge in [0.1, 0.15) is 16.2 Å². The highest BCUT2D eigenvalue weighted by molar-refractivity contribution is 7.21. The lowest BCUT2D eigenvalue weighted by molar-refractivity contribution is 0.0144. The third kappa shape index (κ3) is 7.49. The number of hydrogen-bond donors (Lipinski definition) is 0. The van der Waals surface area contributed by atoms with E-state index in [1.807, 2.05) is 81.1 Å². The van der Waals surface area contributed by atoms with Crippen LogP contribution in [0.15, 0.2) is 66.7 Å². The summed E-state index contributed by atoms with van der Waals surface area (Å²) in [6.45, 7) is 8.36. The fourth-order valence-electron chi connectivity index (χ4n) is 5.99. The Morgan fingerprint density at radius 2 is 1.63 bits per heavy atom. The van der Waals surface area contributed by atoms with E-state index >= 15 is 0 Å². The van der Waals surface area contributed by atoms with E-state index in [0.717, 1.165) is 58.2 Å². The third-order valence-corrected chi connectivity index (χ3v) is 10.0. The molecule has 1 heterocycles. The zero-order valence-electron chi connectivity index (χ0n) is 27.0. The van der Waals surface area contributed by atoms with Gasteiger partial charge in [-0.1, -0.05) is 48.0 Å². The third-order valence-electron chi connectivity index (χ3n) is 8.37. The minimum atomic E-state index is -0.570. The molecule has 0 spiro atoms. The molecular weight excluding hydrogens is 618 g/mol. The highest BCUT2D eigenvalue weighted by atomic mass is 35.5. The normalized spacial score (nSPS) is 16.5. The highest BCUT2D eigenvalue weighted by Gasteiger charge is 2.35. The largest absolute Gasteiger partial charge is 0.494 e. The molecule has 0 N–H and O–H groups in total. The summed E-state index contributed by atoms with van der Waals surface area (Å²) in [5.74, 6) is 0.611. The van der Waals surface area contributed by atoms with E-state index in [4.69, 9.17) is 21.1 Å². The Labute approximate surface area is 280 Å². The van der Waals surface area contributed by atoms with E-state index in [-0.39, 0.29) is 24.1 Å². The fourth-order valence-corrected chi connectivity index (χ4v) is 7.46. The minimum Gasteiger partial charge on any atom is -0.494 e. The van der Waals surface area contributed by atoms with Gasteiger partial charge in [-0.15, -0.1) is 11.3 Å². The number of carbonyl (C=O) groups is 2. The second-order valence-corrected chi connectivity index (χ2v) is 14.1. The summed E-state index contributed by atoms with van der Waals surface area (Å²) < 4.78 is 12.7. The first-order valence-corrected chi connectivity index (χ1v) is 16.9. The molecule has 1 saturated carbocycles. The van der Waals surface area contributed by atoms with Crippen molar-refractivity contribution in [1.82, 2.24) is 9.80 Å². The first-order valence-electron chi connectivity index (χ1n) is 15.7. The van der Waals surface area contributed by atoms with Crippen molar-refractivity contribution in [3.8, 4) is 22.9 Å². The molecule has 7 nitrogen and oxygen atoms in total. The van der Waals surface area contributed by atoms with Crippen LogP contribution in [-0.2, 0) is 11.3 Å². The van der Waals surface area contributed by atoms with Crippen molar-refractivity contribution in [3.05, 3.63) is 87.8 Å². The van der Waals surface area contributed by atoms with Gasteiger partial charge in [0.25, 0.3) is 5.91 Å². The van der Waals surface area contributed by atoms with Crippen LogP contribution in [-0.4, -0.2) is 53.1 Å². The van der Waals surface area contributed by atoms with Crippen LogP contribution in [0.25, 0.3) is 21.2 Å². The van der Waals surface area contributed by atoms with Crippen LogP contribution in [0, 0.1) is 11.3 Å². The second-order valence-electron chi connectivity index (χ2n) is 12.7. The number of carbonyl (C=O) groups excluding carboxylic acids is 2. The van der Waals surface area contributed by atoms with Gasteiger partial charge in [0.2, 0.25) is 0 Å². The maximum atomic E-state index is 14.5. The molecule has 0 aliphatic heterocycles. The molecule has 5 rings (SSSR count). The Bertz CT molecular complexity index is 1750.